The molecule has 2 aromatic heterocycles. The van der Waals surface area contributed by atoms with E-state index >= 15 is 0 Å². The normalized spacial score (nSPS) is 12.5. The molecule has 0 saturated heterocycles. The molecule has 25 heavy (non-hydrogen) atoms. The maximum absolute atomic E-state index is 4.47. The molecular formula is C21H20N4. The molecule has 0 saturated carbocycles. The molecule has 0 amide bonds. The smallest absolute Gasteiger partial charge is 0.0740 e. The largest absolute Gasteiger partial charge is 0.158 e. The van der Waals surface area contributed by atoms with Crippen molar-refractivity contribution >= 4 is 21.5 Å². The predicted octanol–water partition coefficient (Wildman–Crippen LogP) is 4.70. The van der Waals surface area contributed by atoms with Gasteiger partial charge in [-0.05, 0) is 19.3 Å². The summed E-state index contributed by atoms with van der Waals surface area (Å²) in [4.78, 5) is 0. The van der Waals surface area contributed by atoms with Crippen molar-refractivity contribution in [2.75, 3.05) is 0 Å². The van der Waals surface area contributed by atoms with E-state index in [4.69, 9.17) is 0 Å². The summed E-state index contributed by atoms with van der Waals surface area (Å²) in [5, 5.41) is 21.9. The Kier molecular flexibility index (Phi) is 4.34. The Morgan fingerprint density at radius 2 is 1.44 bits per heavy atom. The van der Waals surface area contributed by atoms with Gasteiger partial charge < -0.3 is 0 Å². The first-order valence-corrected chi connectivity index (χ1v) is 8.76. The molecule has 4 rings (SSSR count). The van der Waals surface area contributed by atoms with Gasteiger partial charge in [0.05, 0.1) is 23.8 Å². The molecule has 1 unspecified atom stereocenters. The third kappa shape index (κ3) is 3.07. The Bertz CT molecular complexity index is 1000. The maximum atomic E-state index is 4.47. The van der Waals surface area contributed by atoms with Gasteiger partial charge in [0.2, 0.25) is 0 Å². The molecule has 124 valence electrons. The minimum Gasteiger partial charge on any atom is -0.158 e. The standard InChI is InChI=1S/C21H20N4/c1-2-15(21-19-10-6-4-8-17(19)14-23-25-21)11-12-20-18-9-5-3-7-16(18)13-22-24-20/h3-10,13-15H,2,11-12H2,1H3. The van der Waals surface area contributed by atoms with Crippen LogP contribution in [0.15, 0.2) is 60.9 Å². The lowest BCUT2D eigenvalue weighted by atomic mass is 9.92. The third-order valence-corrected chi connectivity index (χ3v) is 4.86. The SMILES string of the molecule is CCC(CCc1nncc2ccccc12)c1nncc2ccccc12. The van der Waals surface area contributed by atoms with E-state index < -0.39 is 0 Å². The van der Waals surface area contributed by atoms with E-state index in [-0.39, 0.29) is 0 Å². The Morgan fingerprint density at radius 3 is 2.20 bits per heavy atom. The van der Waals surface area contributed by atoms with Crippen LogP contribution in [0.4, 0.5) is 0 Å². The van der Waals surface area contributed by atoms with Gasteiger partial charge in [-0.15, -0.1) is 0 Å². The third-order valence-electron chi connectivity index (χ3n) is 4.86. The Labute approximate surface area is 146 Å². The Balaban J connectivity index is 1.64. The summed E-state index contributed by atoms with van der Waals surface area (Å²) in [7, 11) is 0. The van der Waals surface area contributed by atoms with Crippen molar-refractivity contribution < 1.29 is 0 Å². The lowest BCUT2D eigenvalue weighted by molar-refractivity contribution is 0.582. The summed E-state index contributed by atoms with van der Waals surface area (Å²) >= 11 is 0. The molecule has 0 bridgehead atoms. The number of benzene rings is 2. The van der Waals surface area contributed by atoms with Crippen LogP contribution in [0.3, 0.4) is 0 Å². The molecule has 4 heteroatoms. The van der Waals surface area contributed by atoms with Crippen molar-refractivity contribution in [2.45, 2.75) is 32.1 Å². The van der Waals surface area contributed by atoms with E-state index in [9.17, 15) is 0 Å². The molecule has 0 aliphatic heterocycles. The molecule has 0 fully saturated rings. The first kappa shape index (κ1) is 15.6. The number of rotatable bonds is 5. The lowest BCUT2D eigenvalue weighted by Crippen LogP contribution is -2.06. The molecule has 0 radical (unpaired) electrons. The minimum atomic E-state index is 0.361. The van der Waals surface area contributed by atoms with Gasteiger partial charge in [0.25, 0.3) is 0 Å². The molecule has 0 aliphatic carbocycles. The first-order valence-electron chi connectivity index (χ1n) is 8.76. The number of aromatic nitrogens is 4. The van der Waals surface area contributed by atoms with E-state index in [2.05, 4.69) is 63.7 Å². The average Bonchev–Trinajstić information content (AvgIpc) is 2.68. The van der Waals surface area contributed by atoms with Crippen LogP contribution in [0.2, 0.25) is 0 Å². The quantitative estimate of drug-likeness (QED) is 0.533. The van der Waals surface area contributed by atoms with Crippen molar-refractivity contribution in [1.82, 2.24) is 20.4 Å². The summed E-state index contributed by atoms with van der Waals surface area (Å²) in [6, 6.07) is 16.6. The highest BCUT2D eigenvalue weighted by atomic mass is 15.1. The summed E-state index contributed by atoms with van der Waals surface area (Å²) in [5.74, 6) is 0.361. The van der Waals surface area contributed by atoms with Gasteiger partial charge >= 0.3 is 0 Å². The van der Waals surface area contributed by atoms with Crippen LogP contribution in [0.25, 0.3) is 21.5 Å². The van der Waals surface area contributed by atoms with E-state index in [0.717, 1.165) is 41.4 Å². The molecule has 1 atom stereocenters. The summed E-state index contributed by atoms with van der Waals surface area (Å²) in [6.45, 7) is 2.21. The first-order chi connectivity index (χ1) is 12.4. The summed E-state index contributed by atoms with van der Waals surface area (Å²) in [5.41, 5.74) is 2.15. The van der Waals surface area contributed by atoms with E-state index in [1.165, 1.54) is 10.8 Å². The number of hydrogen-bond donors (Lipinski definition) is 0. The summed E-state index contributed by atoms with van der Waals surface area (Å²) in [6.07, 6.45) is 6.56. The average molecular weight is 328 g/mol. The molecular weight excluding hydrogens is 308 g/mol. The van der Waals surface area contributed by atoms with Crippen molar-refractivity contribution in [3.8, 4) is 0 Å². The van der Waals surface area contributed by atoms with Crippen LogP contribution in [0.5, 0.6) is 0 Å². The van der Waals surface area contributed by atoms with Crippen molar-refractivity contribution in [1.29, 1.82) is 0 Å². The molecule has 0 N–H and O–H groups in total. The van der Waals surface area contributed by atoms with Crippen molar-refractivity contribution in [3.63, 3.8) is 0 Å². The van der Waals surface area contributed by atoms with E-state index in [0.29, 0.717) is 5.92 Å². The van der Waals surface area contributed by atoms with Gasteiger partial charge in [0.15, 0.2) is 0 Å². The minimum absolute atomic E-state index is 0.361. The second-order valence-corrected chi connectivity index (χ2v) is 6.34. The van der Waals surface area contributed by atoms with Gasteiger partial charge in [0, 0.05) is 27.5 Å². The van der Waals surface area contributed by atoms with Crippen LogP contribution >= 0.6 is 0 Å². The monoisotopic (exact) mass is 328 g/mol. The Hall–Kier alpha value is -2.88. The van der Waals surface area contributed by atoms with Crippen LogP contribution in [-0.4, -0.2) is 20.4 Å². The van der Waals surface area contributed by atoms with Gasteiger partial charge in [0.1, 0.15) is 0 Å². The van der Waals surface area contributed by atoms with Gasteiger partial charge in [-0.1, -0.05) is 55.5 Å². The molecule has 4 aromatic rings. The van der Waals surface area contributed by atoms with Crippen LogP contribution in [-0.2, 0) is 6.42 Å². The second kappa shape index (κ2) is 6.93. The van der Waals surface area contributed by atoms with Crippen LogP contribution in [0, 0.1) is 0 Å². The number of aryl methyl sites for hydroxylation is 1. The number of fused-ring (bicyclic) bond motifs is 2. The zero-order chi connectivity index (χ0) is 17.1. The fourth-order valence-corrected chi connectivity index (χ4v) is 3.47. The number of nitrogens with zero attached hydrogens (tertiary/aromatic N) is 4. The summed E-state index contributed by atoms with van der Waals surface area (Å²) < 4.78 is 0. The zero-order valence-electron chi connectivity index (χ0n) is 14.3. The maximum Gasteiger partial charge on any atom is 0.0740 e. The van der Waals surface area contributed by atoms with E-state index in [1.54, 1.807) is 0 Å². The lowest BCUT2D eigenvalue weighted by Gasteiger charge is -2.16. The van der Waals surface area contributed by atoms with Gasteiger partial charge in [-0.25, -0.2) is 0 Å². The predicted molar refractivity (Wildman–Crippen MR) is 100 cm³/mol. The highest BCUT2D eigenvalue weighted by molar-refractivity contribution is 5.84. The van der Waals surface area contributed by atoms with Crippen molar-refractivity contribution in [3.05, 3.63) is 72.3 Å². The molecule has 0 aliphatic rings. The van der Waals surface area contributed by atoms with Crippen LogP contribution in [0.1, 0.15) is 37.1 Å². The van der Waals surface area contributed by atoms with Crippen molar-refractivity contribution in [2.24, 2.45) is 0 Å². The molecule has 0 spiro atoms. The topological polar surface area (TPSA) is 51.6 Å². The molecule has 4 nitrogen and oxygen atoms in total. The zero-order valence-corrected chi connectivity index (χ0v) is 14.3. The Morgan fingerprint density at radius 1 is 0.800 bits per heavy atom. The van der Waals surface area contributed by atoms with Crippen LogP contribution < -0.4 is 0 Å². The highest BCUT2D eigenvalue weighted by Crippen LogP contribution is 2.29. The molecule has 2 aromatic carbocycles. The second-order valence-electron chi connectivity index (χ2n) is 6.34. The van der Waals surface area contributed by atoms with Gasteiger partial charge in [-0.3, -0.25) is 0 Å². The fraction of sp³-hybridized carbons (Fsp3) is 0.238. The molecule has 2 heterocycles. The van der Waals surface area contributed by atoms with E-state index in [1.807, 2.05) is 24.5 Å². The number of hydrogen-bond acceptors (Lipinski definition) is 4. The fourth-order valence-electron chi connectivity index (χ4n) is 3.47. The highest BCUT2D eigenvalue weighted by Gasteiger charge is 2.16. The van der Waals surface area contributed by atoms with Gasteiger partial charge in [-0.2, -0.15) is 20.4 Å².